The maximum Gasteiger partial charge on any atom is 0.106 e. The van der Waals surface area contributed by atoms with Crippen molar-refractivity contribution in [3.05, 3.63) is 42.8 Å². The topological polar surface area (TPSA) is 12.9 Å². The normalized spacial score (nSPS) is 9.45. The minimum atomic E-state index is 1.02. The Morgan fingerprint density at radius 3 is 3.00 bits per heavy atom. The summed E-state index contributed by atoms with van der Waals surface area (Å²) in [5.74, 6) is 1.93. The molecule has 0 spiro atoms. The van der Waals surface area contributed by atoms with Crippen LogP contribution in [0.4, 0.5) is 0 Å². The SMILES string of the molecule is C=C[CH]SSc1ccccn1. The highest BCUT2D eigenvalue weighted by atomic mass is 33.1. The molecule has 11 heavy (non-hydrogen) atoms. The highest BCUT2D eigenvalue weighted by molar-refractivity contribution is 8.77. The Morgan fingerprint density at radius 2 is 2.36 bits per heavy atom. The van der Waals surface area contributed by atoms with Crippen LogP contribution in [0.15, 0.2) is 42.1 Å². The fourth-order valence-corrected chi connectivity index (χ4v) is 1.98. The van der Waals surface area contributed by atoms with E-state index < -0.39 is 0 Å². The first-order valence-corrected chi connectivity index (χ1v) is 5.33. The largest absolute Gasteiger partial charge is 0.249 e. The van der Waals surface area contributed by atoms with E-state index in [-0.39, 0.29) is 0 Å². The Balaban J connectivity index is 2.33. The summed E-state index contributed by atoms with van der Waals surface area (Å²) < 4.78 is 0. The molecule has 0 aliphatic heterocycles. The molecule has 0 atom stereocenters. The van der Waals surface area contributed by atoms with Crippen LogP contribution >= 0.6 is 21.6 Å². The van der Waals surface area contributed by atoms with Gasteiger partial charge in [-0.05, 0) is 22.9 Å². The second kappa shape index (κ2) is 5.27. The van der Waals surface area contributed by atoms with E-state index >= 15 is 0 Å². The quantitative estimate of drug-likeness (QED) is 0.524. The van der Waals surface area contributed by atoms with Gasteiger partial charge in [0, 0.05) is 11.9 Å². The standard InChI is InChI=1S/C8H8NS2/c1-2-7-10-11-8-5-3-4-6-9-8/h2-7H,1H2. The number of hydrogen-bond donors (Lipinski definition) is 0. The highest BCUT2D eigenvalue weighted by Gasteiger charge is 1.91. The van der Waals surface area contributed by atoms with Crippen molar-refractivity contribution >= 4 is 21.6 Å². The van der Waals surface area contributed by atoms with E-state index in [1.54, 1.807) is 33.9 Å². The zero-order chi connectivity index (χ0) is 7.94. The molecule has 1 aromatic rings. The van der Waals surface area contributed by atoms with Crippen LogP contribution in [0.5, 0.6) is 0 Å². The Morgan fingerprint density at radius 1 is 1.45 bits per heavy atom. The predicted molar refractivity (Wildman–Crippen MR) is 52.2 cm³/mol. The lowest BCUT2D eigenvalue weighted by Gasteiger charge is -1.94. The number of hydrogen-bond acceptors (Lipinski definition) is 3. The summed E-state index contributed by atoms with van der Waals surface area (Å²) >= 11 is 0. The van der Waals surface area contributed by atoms with Gasteiger partial charge < -0.3 is 0 Å². The first kappa shape index (κ1) is 8.68. The van der Waals surface area contributed by atoms with Crippen molar-refractivity contribution in [2.24, 2.45) is 0 Å². The molecule has 0 N–H and O–H groups in total. The highest BCUT2D eigenvalue weighted by Crippen LogP contribution is 2.30. The Labute approximate surface area is 74.7 Å². The third-order valence-electron chi connectivity index (χ3n) is 0.923. The summed E-state index contributed by atoms with van der Waals surface area (Å²) in [7, 11) is 3.24. The molecule has 0 saturated heterocycles. The van der Waals surface area contributed by atoms with Crippen molar-refractivity contribution in [1.29, 1.82) is 0 Å². The van der Waals surface area contributed by atoms with Gasteiger partial charge in [-0.2, -0.15) is 0 Å². The fraction of sp³-hybridized carbons (Fsp3) is 0. The molecule has 0 saturated carbocycles. The van der Waals surface area contributed by atoms with E-state index in [1.807, 2.05) is 24.0 Å². The van der Waals surface area contributed by atoms with Gasteiger partial charge in [-0.25, -0.2) is 4.98 Å². The van der Waals surface area contributed by atoms with E-state index in [9.17, 15) is 0 Å². The summed E-state index contributed by atoms with van der Waals surface area (Å²) in [6.45, 7) is 3.58. The van der Waals surface area contributed by atoms with Crippen LogP contribution in [0.25, 0.3) is 0 Å². The minimum absolute atomic E-state index is 1.02. The molecular formula is C8H8NS2. The van der Waals surface area contributed by atoms with Gasteiger partial charge in [0.15, 0.2) is 0 Å². The molecule has 0 bridgehead atoms. The molecule has 0 aromatic carbocycles. The number of rotatable bonds is 4. The molecule has 0 aliphatic carbocycles. The van der Waals surface area contributed by atoms with E-state index in [1.165, 1.54) is 0 Å². The first-order valence-electron chi connectivity index (χ1n) is 3.12. The molecule has 0 aliphatic rings. The Bertz CT molecular complexity index is 211. The second-order valence-electron chi connectivity index (χ2n) is 1.72. The van der Waals surface area contributed by atoms with Gasteiger partial charge in [0.25, 0.3) is 0 Å². The summed E-state index contributed by atoms with van der Waals surface area (Å²) in [6, 6.07) is 5.87. The minimum Gasteiger partial charge on any atom is -0.249 e. The second-order valence-corrected chi connectivity index (χ2v) is 3.85. The summed E-state index contributed by atoms with van der Waals surface area (Å²) in [5.41, 5.74) is 0. The van der Waals surface area contributed by atoms with Gasteiger partial charge in [-0.3, -0.25) is 0 Å². The lowest BCUT2D eigenvalue weighted by atomic mass is 10.5. The summed E-state index contributed by atoms with van der Waals surface area (Å²) in [4.78, 5) is 4.14. The van der Waals surface area contributed by atoms with Gasteiger partial charge in [0.2, 0.25) is 0 Å². The van der Waals surface area contributed by atoms with E-state index in [0.29, 0.717) is 0 Å². The summed E-state index contributed by atoms with van der Waals surface area (Å²) in [5, 5.41) is 1.02. The molecule has 3 heteroatoms. The zero-order valence-electron chi connectivity index (χ0n) is 5.93. The Hall–Kier alpha value is -0.410. The van der Waals surface area contributed by atoms with E-state index in [2.05, 4.69) is 11.6 Å². The van der Waals surface area contributed by atoms with Crippen LogP contribution < -0.4 is 0 Å². The van der Waals surface area contributed by atoms with Crippen molar-refractivity contribution < 1.29 is 0 Å². The van der Waals surface area contributed by atoms with E-state index in [4.69, 9.17) is 0 Å². The fourth-order valence-electron chi connectivity index (χ4n) is 0.513. The molecule has 1 heterocycles. The molecule has 0 fully saturated rings. The van der Waals surface area contributed by atoms with Gasteiger partial charge >= 0.3 is 0 Å². The lowest BCUT2D eigenvalue weighted by molar-refractivity contribution is 1.14. The first-order chi connectivity index (χ1) is 5.43. The molecule has 0 amide bonds. The predicted octanol–water partition coefficient (Wildman–Crippen LogP) is 3.17. The zero-order valence-corrected chi connectivity index (χ0v) is 7.57. The van der Waals surface area contributed by atoms with Crippen LogP contribution in [0.2, 0.25) is 0 Å². The summed E-state index contributed by atoms with van der Waals surface area (Å²) in [6.07, 6.45) is 3.55. The van der Waals surface area contributed by atoms with Crippen LogP contribution in [0.1, 0.15) is 0 Å². The van der Waals surface area contributed by atoms with Crippen molar-refractivity contribution in [2.75, 3.05) is 0 Å². The van der Waals surface area contributed by atoms with Gasteiger partial charge in [-0.15, -0.1) is 6.58 Å². The lowest BCUT2D eigenvalue weighted by Crippen LogP contribution is -1.71. The van der Waals surface area contributed by atoms with E-state index in [0.717, 1.165) is 5.03 Å². The number of pyridine rings is 1. The van der Waals surface area contributed by atoms with Crippen molar-refractivity contribution in [2.45, 2.75) is 5.03 Å². The van der Waals surface area contributed by atoms with Crippen LogP contribution in [0.3, 0.4) is 0 Å². The number of nitrogens with zero attached hydrogens (tertiary/aromatic N) is 1. The van der Waals surface area contributed by atoms with Crippen molar-refractivity contribution in [3.8, 4) is 0 Å². The molecule has 57 valence electrons. The maximum atomic E-state index is 4.14. The molecule has 1 rings (SSSR count). The van der Waals surface area contributed by atoms with Crippen LogP contribution in [0, 0.1) is 5.75 Å². The van der Waals surface area contributed by atoms with Gasteiger partial charge in [0.05, 0.1) is 0 Å². The molecule has 1 radical (unpaired) electrons. The Kier molecular flexibility index (Phi) is 4.16. The van der Waals surface area contributed by atoms with Crippen molar-refractivity contribution in [3.63, 3.8) is 0 Å². The molecule has 0 unspecified atom stereocenters. The average molecular weight is 182 g/mol. The third-order valence-corrected chi connectivity index (χ3v) is 2.87. The van der Waals surface area contributed by atoms with Gasteiger partial charge in [-0.1, -0.05) is 22.9 Å². The van der Waals surface area contributed by atoms with Crippen LogP contribution in [-0.4, -0.2) is 4.98 Å². The van der Waals surface area contributed by atoms with Crippen molar-refractivity contribution in [1.82, 2.24) is 4.98 Å². The molecule has 1 nitrogen and oxygen atoms in total. The smallest absolute Gasteiger partial charge is 0.106 e. The average Bonchev–Trinajstić information content (AvgIpc) is 2.07. The van der Waals surface area contributed by atoms with Crippen LogP contribution in [-0.2, 0) is 0 Å². The maximum absolute atomic E-state index is 4.14. The number of aromatic nitrogens is 1. The molecular weight excluding hydrogens is 174 g/mol. The monoisotopic (exact) mass is 182 g/mol. The third kappa shape index (κ3) is 3.49. The van der Waals surface area contributed by atoms with Gasteiger partial charge in [0.1, 0.15) is 5.03 Å². The molecule has 1 aromatic heterocycles.